The molecule has 4 rings (SSSR count). The van der Waals surface area contributed by atoms with Crippen molar-refractivity contribution in [3.63, 3.8) is 0 Å². The maximum absolute atomic E-state index is 13.3. The van der Waals surface area contributed by atoms with Crippen molar-refractivity contribution in [2.45, 2.75) is 10.9 Å². The Morgan fingerprint density at radius 1 is 0.629 bits per heavy atom. The van der Waals surface area contributed by atoms with Crippen LogP contribution in [0.4, 0.5) is 5.69 Å². The lowest BCUT2D eigenvalue weighted by molar-refractivity contribution is 0.0282. The van der Waals surface area contributed by atoms with Crippen LogP contribution in [0.3, 0.4) is 0 Å². The number of alkyl halides is 1. The molecule has 0 heterocycles. The van der Waals surface area contributed by atoms with Crippen molar-refractivity contribution in [1.82, 2.24) is 0 Å². The first-order valence-electron chi connectivity index (χ1n) is 11.0. The predicted octanol–water partition coefficient (Wildman–Crippen LogP) is 6.48. The molecular weight excluding hydrogens is 506 g/mol. The minimum Gasteiger partial charge on any atom is -0.449 e. The van der Waals surface area contributed by atoms with Crippen LogP contribution in [0, 0.1) is 0 Å². The number of ketones is 1. The Balaban J connectivity index is 1.51. The van der Waals surface area contributed by atoms with Gasteiger partial charge in [0.1, 0.15) is 0 Å². The van der Waals surface area contributed by atoms with Gasteiger partial charge < -0.3 is 10.1 Å². The Kier molecular flexibility index (Phi) is 7.85. The molecule has 0 fully saturated rings. The van der Waals surface area contributed by atoms with Gasteiger partial charge in [-0.3, -0.25) is 9.59 Å². The van der Waals surface area contributed by atoms with Crippen LogP contribution < -0.4 is 5.32 Å². The molecule has 0 unspecified atom stereocenters. The first-order chi connectivity index (χ1) is 17.0. The van der Waals surface area contributed by atoms with Crippen LogP contribution in [0.5, 0.6) is 0 Å². The molecule has 1 N–H and O–H groups in total. The number of esters is 1. The van der Waals surface area contributed by atoms with E-state index >= 15 is 0 Å². The summed E-state index contributed by atoms with van der Waals surface area (Å²) in [6, 6.07) is 33.2. The van der Waals surface area contributed by atoms with Gasteiger partial charge in [-0.15, -0.1) is 0 Å². The molecule has 0 saturated carbocycles. The Hall–Kier alpha value is -4.03. The van der Waals surface area contributed by atoms with E-state index in [4.69, 9.17) is 4.74 Å². The van der Waals surface area contributed by atoms with Crippen LogP contribution in [0.2, 0.25) is 0 Å². The van der Waals surface area contributed by atoms with Crippen molar-refractivity contribution in [2.75, 3.05) is 5.32 Å². The van der Waals surface area contributed by atoms with Crippen molar-refractivity contribution in [3.8, 4) is 0 Å². The zero-order valence-electron chi connectivity index (χ0n) is 18.6. The van der Waals surface area contributed by atoms with E-state index in [1.807, 2.05) is 42.5 Å². The second kappa shape index (κ2) is 11.4. The Bertz CT molecular complexity index is 1290. The van der Waals surface area contributed by atoms with E-state index in [9.17, 15) is 14.4 Å². The maximum Gasteiger partial charge on any atom is 0.338 e. The summed E-state index contributed by atoms with van der Waals surface area (Å²) in [5.41, 5.74) is 2.59. The lowest BCUT2D eigenvalue weighted by Gasteiger charge is -2.22. The molecule has 5 nitrogen and oxygen atoms in total. The normalized spacial score (nSPS) is 12.3. The molecule has 4 aromatic rings. The topological polar surface area (TPSA) is 72.5 Å². The van der Waals surface area contributed by atoms with Crippen LogP contribution in [0.25, 0.3) is 0 Å². The van der Waals surface area contributed by atoms with Gasteiger partial charge in [-0.1, -0.05) is 94.8 Å². The lowest BCUT2D eigenvalue weighted by atomic mass is 9.99. The van der Waals surface area contributed by atoms with Crippen molar-refractivity contribution >= 4 is 39.3 Å². The molecule has 35 heavy (non-hydrogen) atoms. The van der Waals surface area contributed by atoms with E-state index in [0.717, 1.165) is 5.56 Å². The van der Waals surface area contributed by atoms with Gasteiger partial charge in [0.05, 0.1) is 10.4 Å². The number of anilines is 1. The predicted molar refractivity (Wildman–Crippen MR) is 139 cm³/mol. The number of Topliss-reactive ketones (excluding diaryl/α,β-unsaturated/α-hetero) is 1. The van der Waals surface area contributed by atoms with Gasteiger partial charge >= 0.3 is 5.97 Å². The third-order valence-corrected chi connectivity index (χ3v) is 6.36. The molecule has 0 aliphatic carbocycles. The molecule has 0 spiro atoms. The van der Waals surface area contributed by atoms with Crippen molar-refractivity contribution in [3.05, 3.63) is 138 Å². The molecule has 174 valence electrons. The Morgan fingerprint density at radius 3 is 1.71 bits per heavy atom. The number of carbonyl (C=O) groups excluding carboxylic acids is 3. The SMILES string of the molecule is O=C(Nc1ccc(C(=O)O[C@@H](C(=O)c2ccccc2)[C@H](Br)c2ccccc2)cc1)c1ccccc1. The molecule has 1 amide bonds. The van der Waals surface area contributed by atoms with Crippen LogP contribution in [0.15, 0.2) is 115 Å². The highest BCUT2D eigenvalue weighted by Gasteiger charge is 2.32. The van der Waals surface area contributed by atoms with Gasteiger partial charge in [0.15, 0.2) is 6.10 Å². The standard InChI is InChI=1S/C29H22BrNO4/c30-25(20-10-4-1-5-11-20)27(26(32)21-12-6-2-7-13-21)35-29(34)23-16-18-24(19-17-23)31-28(33)22-14-8-3-9-15-22/h1-19,25,27H,(H,31,33)/t25-,27-/m1/s1. The van der Waals surface area contributed by atoms with E-state index in [-0.39, 0.29) is 17.3 Å². The molecule has 0 aliphatic heterocycles. The van der Waals surface area contributed by atoms with Gasteiger partial charge in [0.25, 0.3) is 5.91 Å². The van der Waals surface area contributed by atoms with Crippen molar-refractivity contribution < 1.29 is 19.1 Å². The van der Waals surface area contributed by atoms with E-state index in [1.165, 1.54) is 0 Å². The second-order valence-electron chi connectivity index (χ2n) is 7.77. The number of rotatable bonds is 8. The summed E-state index contributed by atoms with van der Waals surface area (Å²) < 4.78 is 5.74. The molecule has 4 aromatic carbocycles. The molecule has 0 bridgehead atoms. The maximum atomic E-state index is 13.3. The minimum absolute atomic E-state index is 0.251. The molecule has 0 radical (unpaired) electrons. The number of carbonyl (C=O) groups is 3. The van der Waals surface area contributed by atoms with Crippen LogP contribution in [-0.2, 0) is 4.74 Å². The first kappa shape index (κ1) is 24.1. The fourth-order valence-electron chi connectivity index (χ4n) is 3.49. The fourth-order valence-corrected chi connectivity index (χ4v) is 4.14. The van der Waals surface area contributed by atoms with Crippen molar-refractivity contribution in [1.29, 1.82) is 0 Å². The monoisotopic (exact) mass is 527 g/mol. The van der Waals surface area contributed by atoms with Crippen molar-refractivity contribution in [2.24, 2.45) is 0 Å². The average Bonchev–Trinajstić information content (AvgIpc) is 2.92. The Morgan fingerprint density at radius 2 is 1.14 bits per heavy atom. The summed E-state index contributed by atoms with van der Waals surface area (Å²) in [7, 11) is 0. The highest BCUT2D eigenvalue weighted by atomic mass is 79.9. The second-order valence-corrected chi connectivity index (χ2v) is 8.75. The molecule has 6 heteroatoms. The molecule has 0 saturated heterocycles. The van der Waals surface area contributed by atoms with Crippen LogP contribution in [-0.4, -0.2) is 23.8 Å². The van der Waals surface area contributed by atoms with E-state index in [1.54, 1.807) is 72.8 Å². The molecule has 0 aliphatic rings. The highest BCUT2D eigenvalue weighted by Crippen LogP contribution is 2.31. The van der Waals surface area contributed by atoms with Gasteiger partial charge in [-0.25, -0.2) is 4.79 Å². The van der Waals surface area contributed by atoms with Gasteiger partial charge in [0.2, 0.25) is 5.78 Å². The summed E-state index contributed by atoms with van der Waals surface area (Å²) >= 11 is 3.57. The number of nitrogens with one attached hydrogen (secondary N) is 1. The van der Waals surface area contributed by atoms with E-state index in [2.05, 4.69) is 21.2 Å². The number of hydrogen-bond acceptors (Lipinski definition) is 4. The van der Waals surface area contributed by atoms with E-state index in [0.29, 0.717) is 16.8 Å². The quantitative estimate of drug-likeness (QED) is 0.161. The number of ether oxygens (including phenoxy) is 1. The largest absolute Gasteiger partial charge is 0.449 e. The van der Waals surface area contributed by atoms with Crippen LogP contribution >= 0.6 is 15.9 Å². The third-order valence-electron chi connectivity index (χ3n) is 5.35. The summed E-state index contributed by atoms with van der Waals surface area (Å²) in [5.74, 6) is -1.20. The number of hydrogen-bond donors (Lipinski definition) is 1. The average molecular weight is 528 g/mol. The lowest BCUT2D eigenvalue weighted by Crippen LogP contribution is -2.31. The summed E-state index contributed by atoms with van der Waals surface area (Å²) in [6.07, 6.45) is -1.08. The smallest absolute Gasteiger partial charge is 0.338 e. The zero-order valence-corrected chi connectivity index (χ0v) is 20.2. The number of amides is 1. The zero-order chi connectivity index (χ0) is 24.6. The van der Waals surface area contributed by atoms with Crippen LogP contribution in [0.1, 0.15) is 41.5 Å². The number of halogens is 1. The highest BCUT2D eigenvalue weighted by molar-refractivity contribution is 9.09. The van der Waals surface area contributed by atoms with E-state index < -0.39 is 16.9 Å². The Labute approximate surface area is 211 Å². The van der Waals surface area contributed by atoms with Gasteiger partial charge in [-0.05, 0) is 42.0 Å². The number of benzene rings is 4. The molecular formula is C29H22BrNO4. The first-order valence-corrected chi connectivity index (χ1v) is 11.9. The van der Waals surface area contributed by atoms with Gasteiger partial charge in [-0.2, -0.15) is 0 Å². The summed E-state index contributed by atoms with van der Waals surface area (Å²) in [5, 5.41) is 2.79. The third kappa shape index (κ3) is 6.11. The molecule has 2 atom stereocenters. The summed E-state index contributed by atoms with van der Waals surface area (Å²) in [4.78, 5) is 38.1. The fraction of sp³-hybridized carbons (Fsp3) is 0.0690. The minimum atomic E-state index is -1.08. The summed E-state index contributed by atoms with van der Waals surface area (Å²) in [6.45, 7) is 0. The van der Waals surface area contributed by atoms with Gasteiger partial charge in [0, 0.05) is 16.8 Å². The molecule has 0 aromatic heterocycles.